The van der Waals surface area contributed by atoms with Gasteiger partial charge in [-0.25, -0.2) is 0 Å². The fourth-order valence-corrected chi connectivity index (χ4v) is 4.15. The van der Waals surface area contributed by atoms with Gasteiger partial charge in [0, 0.05) is 10.4 Å². The Kier molecular flexibility index (Phi) is 2.67. The number of aliphatic hydroxyl groups excluding tert-OH is 1. The molecule has 0 bridgehead atoms. The molecule has 1 aliphatic carbocycles. The highest BCUT2D eigenvalue weighted by Gasteiger charge is 2.24. The van der Waals surface area contributed by atoms with E-state index in [1.165, 1.54) is 20.2 Å². The van der Waals surface area contributed by atoms with Gasteiger partial charge in [-0.05, 0) is 38.0 Å². The molecule has 0 spiro atoms. The number of thioether (sulfide) groups is 1. The van der Waals surface area contributed by atoms with E-state index in [2.05, 4.69) is 13.2 Å². The zero-order valence-electron chi connectivity index (χ0n) is 7.96. The molecule has 1 aliphatic rings. The van der Waals surface area contributed by atoms with Gasteiger partial charge in [0.25, 0.3) is 0 Å². The highest BCUT2D eigenvalue weighted by Crippen LogP contribution is 2.43. The van der Waals surface area contributed by atoms with E-state index in [0.717, 1.165) is 19.3 Å². The Hall–Kier alpha value is 0.01000. The maximum Gasteiger partial charge on any atom is 0.0812 e. The molecule has 1 heterocycles. The van der Waals surface area contributed by atoms with Gasteiger partial charge >= 0.3 is 0 Å². The third-order valence-corrected chi connectivity index (χ3v) is 4.94. The smallest absolute Gasteiger partial charge is 0.0812 e. The van der Waals surface area contributed by atoms with Crippen LogP contribution >= 0.6 is 23.1 Å². The Labute approximate surface area is 87.2 Å². The number of aryl methyl sites for hydroxylation is 1. The number of hydrogen-bond acceptors (Lipinski definition) is 3. The van der Waals surface area contributed by atoms with Gasteiger partial charge in [-0.1, -0.05) is 0 Å². The molecule has 1 unspecified atom stereocenters. The summed E-state index contributed by atoms with van der Waals surface area (Å²) in [5.74, 6) is 0. The van der Waals surface area contributed by atoms with Crippen LogP contribution in [0, 0.1) is 6.92 Å². The molecule has 0 saturated heterocycles. The molecule has 0 saturated carbocycles. The quantitative estimate of drug-likeness (QED) is 0.725. The van der Waals surface area contributed by atoms with Crippen molar-refractivity contribution in [3.63, 3.8) is 0 Å². The van der Waals surface area contributed by atoms with Crippen LogP contribution in [0.15, 0.2) is 4.21 Å². The third kappa shape index (κ3) is 1.53. The third-order valence-electron chi connectivity index (χ3n) is 2.64. The minimum Gasteiger partial charge on any atom is -0.388 e. The molecule has 1 N–H and O–H groups in total. The van der Waals surface area contributed by atoms with E-state index < -0.39 is 0 Å². The molecule has 1 atom stereocenters. The number of aliphatic hydroxyl groups is 1. The topological polar surface area (TPSA) is 20.2 Å². The van der Waals surface area contributed by atoms with Gasteiger partial charge in [-0.3, -0.25) is 0 Å². The number of rotatable bonds is 1. The van der Waals surface area contributed by atoms with Crippen LogP contribution in [0.25, 0.3) is 0 Å². The van der Waals surface area contributed by atoms with Crippen molar-refractivity contribution in [1.29, 1.82) is 0 Å². The molecule has 1 nitrogen and oxygen atoms in total. The minimum atomic E-state index is -0.198. The molecule has 0 aromatic carbocycles. The van der Waals surface area contributed by atoms with E-state index in [1.807, 2.05) is 11.3 Å². The fraction of sp³-hybridized carbons (Fsp3) is 0.600. The Bertz CT molecular complexity index is 317. The van der Waals surface area contributed by atoms with Crippen molar-refractivity contribution in [3.05, 3.63) is 16.0 Å². The molecule has 0 aliphatic heterocycles. The predicted octanol–water partition coefficient (Wildman–Crippen LogP) is 3.15. The van der Waals surface area contributed by atoms with E-state index in [0.29, 0.717) is 0 Å². The van der Waals surface area contributed by atoms with Crippen LogP contribution in [0.4, 0.5) is 0 Å². The molecule has 0 fully saturated rings. The normalized spacial score (nSPS) is 21.6. The second kappa shape index (κ2) is 3.64. The van der Waals surface area contributed by atoms with Gasteiger partial charge in [-0.15, -0.1) is 23.1 Å². The van der Waals surface area contributed by atoms with Crippen molar-refractivity contribution in [2.75, 3.05) is 6.26 Å². The van der Waals surface area contributed by atoms with E-state index in [-0.39, 0.29) is 6.10 Å². The van der Waals surface area contributed by atoms with Crippen LogP contribution in [0.1, 0.15) is 34.9 Å². The van der Waals surface area contributed by atoms with Gasteiger partial charge in [0.15, 0.2) is 0 Å². The summed E-state index contributed by atoms with van der Waals surface area (Å²) < 4.78 is 1.32. The first-order chi connectivity index (χ1) is 6.24. The van der Waals surface area contributed by atoms with Crippen molar-refractivity contribution in [1.82, 2.24) is 0 Å². The first-order valence-corrected chi connectivity index (χ1v) is 6.62. The van der Waals surface area contributed by atoms with Crippen LogP contribution in [-0.4, -0.2) is 11.4 Å². The maximum atomic E-state index is 9.88. The molecule has 13 heavy (non-hydrogen) atoms. The second-order valence-corrected chi connectivity index (χ2v) is 5.75. The van der Waals surface area contributed by atoms with E-state index in [1.54, 1.807) is 11.8 Å². The summed E-state index contributed by atoms with van der Waals surface area (Å²) in [7, 11) is 0. The Morgan fingerprint density at radius 2 is 2.31 bits per heavy atom. The average Bonchev–Trinajstić information content (AvgIpc) is 2.45. The zero-order chi connectivity index (χ0) is 9.42. The SMILES string of the molecule is CSc1sc(C)c2c1C(O)CCC2. The molecule has 1 aromatic rings. The van der Waals surface area contributed by atoms with Gasteiger partial charge in [-0.2, -0.15) is 0 Å². The molecular formula is C10H14OS2. The van der Waals surface area contributed by atoms with Crippen LogP contribution in [-0.2, 0) is 6.42 Å². The van der Waals surface area contributed by atoms with Crippen molar-refractivity contribution in [2.24, 2.45) is 0 Å². The minimum absolute atomic E-state index is 0.198. The number of hydrogen-bond donors (Lipinski definition) is 1. The van der Waals surface area contributed by atoms with Crippen molar-refractivity contribution in [2.45, 2.75) is 36.5 Å². The van der Waals surface area contributed by atoms with Gasteiger partial charge in [0.2, 0.25) is 0 Å². The summed E-state index contributed by atoms with van der Waals surface area (Å²) in [6, 6.07) is 0. The zero-order valence-corrected chi connectivity index (χ0v) is 9.60. The standard InChI is InChI=1S/C10H14OS2/c1-6-7-4-3-5-8(11)9(7)10(12-2)13-6/h8,11H,3-5H2,1-2H3. The summed E-state index contributed by atoms with van der Waals surface area (Å²) in [5, 5.41) is 9.88. The Balaban J connectivity index is 2.52. The highest BCUT2D eigenvalue weighted by molar-refractivity contribution is 8.00. The summed E-state index contributed by atoms with van der Waals surface area (Å²) in [4.78, 5) is 1.40. The number of thiophene rings is 1. The predicted molar refractivity (Wildman–Crippen MR) is 58.7 cm³/mol. The van der Waals surface area contributed by atoms with Crippen LogP contribution in [0.2, 0.25) is 0 Å². The molecule has 72 valence electrons. The van der Waals surface area contributed by atoms with Crippen LogP contribution in [0.5, 0.6) is 0 Å². The maximum absolute atomic E-state index is 9.88. The van der Waals surface area contributed by atoms with Crippen molar-refractivity contribution < 1.29 is 5.11 Å². The fourth-order valence-electron chi connectivity index (χ4n) is 1.98. The van der Waals surface area contributed by atoms with Gasteiger partial charge in [0.05, 0.1) is 10.3 Å². The molecule has 1 aromatic heterocycles. The highest BCUT2D eigenvalue weighted by atomic mass is 32.2. The lowest BCUT2D eigenvalue weighted by atomic mass is 9.92. The lowest BCUT2D eigenvalue weighted by Gasteiger charge is -2.19. The summed E-state index contributed by atoms with van der Waals surface area (Å²) in [5.41, 5.74) is 2.66. The van der Waals surface area contributed by atoms with Crippen LogP contribution < -0.4 is 0 Å². The Morgan fingerprint density at radius 1 is 1.54 bits per heavy atom. The van der Waals surface area contributed by atoms with Crippen molar-refractivity contribution in [3.8, 4) is 0 Å². The molecular weight excluding hydrogens is 200 g/mol. The summed E-state index contributed by atoms with van der Waals surface area (Å²) >= 11 is 3.60. The number of fused-ring (bicyclic) bond motifs is 1. The first-order valence-electron chi connectivity index (χ1n) is 4.58. The van der Waals surface area contributed by atoms with Crippen molar-refractivity contribution >= 4 is 23.1 Å². The van der Waals surface area contributed by atoms with E-state index in [4.69, 9.17) is 0 Å². The lowest BCUT2D eigenvalue weighted by Crippen LogP contribution is -2.08. The summed E-state index contributed by atoms with van der Waals surface area (Å²) in [6.07, 6.45) is 5.13. The largest absolute Gasteiger partial charge is 0.388 e. The van der Waals surface area contributed by atoms with E-state index >= 15 is 0 Å². The Morgan fingerprint density at radius 3 is 3.00 bits per heavy atom. The first kappa shape index (κ1) is 9.56. The summed E-state index contributed by atoms with van der Waals surface area (Å²) in [6.45, 7) is 2.17. The van der Waals surface area contributed by atoms with Crippen LogP contribution in [0.3, 0.4) is 0 Å². The molecule has 0 radical (unpaired) electrons. The average molecular weight is 214 g/mol. The lowest BCUT2D eigenvalue weighted by molar-refractivity contribution is 0.154. The molecule has 0 amide bonds. The molecule has 2 rings (SSSR count). The van der Waals surface area contributed by atoms with E-state index in [9.17, 15) is 5.11 Å². The second-order valence-electron chi connectivity index (χ2n) is 3.45. The monoisotopic (exact) mass is 214 g/mol. The van der Waals surface area contributed by atoms with Gasteiger partial charge in [0.1, 0.15) is 0 Å². The molecule has 3 heteroatoms. The van der Waals surface area contributed by atoms with Gasteiger partial charge < -0.3 is 5.11 Å².